The second-order valence-electron chi connectivity index (χ2n) is 6.18. The molecule has 0 radical (unpaired) electrons. The normalized spacial score (nSPS) is 50.6. The number of ether oxygens (including phenoxy) is 1. The van der Waals surface area contributed by atoms with Gasteiger partial charge in [0.15, 0.2) is 0 Å². The van der Waals surface area contributed by atoms with Gasteiger partial charge in [-0.1, -0.05) is 26.1 Å². The van der Waals surface area contributed by atoms with Crippen molar-refractivity contribution in [3.05, 3.63) is 0 Å². The maximum atomic E-state index is 6.33. The molecular formula is C14H25BO. The Hall–Kier alpha value is 0.0249. The third kappa shape index (κ3) is 1.49. The van der Waals surface area contributed by atoms with E-state index < -0.39 is 0 Å². The van der Waals surface area contributed by atoms with Crippen LogP contribution in [0.25, 0.3) is 0 Å². The third-order valence-corrected chi connectivity index (χ3v) is 5.49. The minimum atomic E-state index is 0.612. The third-order valence-electron chi connectivity index (χ3n) is 5.49. The zero-order chi connectivity index (χ0) is 11.1. The summed E-state index contributed by atoms with van der Waals surface area (Å²) in [6.07, 6.45) is 11.1. The lowest BCUT2D eigenvalue weighted by Gasteiger charge is -2.53. The molecule has 1 aliphatic heterocycles. The molecule has 3 fully saturated rings. The fourth-order valence-electron chi connectivity index (χ4n) is 4.94. The fourth-order valence-corrected chi connectivity index (χ4v) is 4.94. The number of rotatable bonds is 3. The molecule has 16 heavy (non-hydrogen) atoms. The SMILES string of the molecule is BCCC1OC(CC)C2C3CCCCC3C12. The molecule has 0 aromatic heterocycles. The Labute approximate surface area is 101 Å². The Balaban J connectivity index is 1.74. The first kappa shape index (κ1) is 11.1. The highest BCUT2D eigenvalue weighted by atomic mass is 16.5. The molecule has 0 aromatic carbocycles. The minimum Gasteiger partial charge on any atom is -0.374 e. The smallest absolute Gasteiger partial charge is 0.101 e. The van der Waals surface area contributed by atoms with Gasteiger partial charge in [-0.05, 0) is 49.4 Å². The Morgan fingerprint density at radius 3 is 2.25 bits per heavy atom. The first-order valence-corrected chi connectivity index (χ1v) is 7.52. The molecule has 3 rings (SSSR count). The van der Waals surface area contributed by atoms with E-state index >= 15 is 0 Å². The molecule has 90 valence electrons. The summed E-state index contributed by atoms with van der Waals surface area (Å²) in [7, 11) is 2.30. The quantitative estimate of drug-likeness (QED) is 0.664. The maximum Gasteiger partial charge on any atom is 0.101 e. The molecular weight excluding hydrogens is 195 g/mol. The van der Waals surface area contributed by atoms with Crippen LogP contribution in [0.2, 0.25) is 6.32 Å². The van der Waals surface area contributed by atoms with Gasteiger partial charge in [-0.2, -0.15) is 0 Å². The van der Waals surface area contributed by atoms with Crippen LogP contribution in [-0.2, 0) is 4.74 Å². The summed E-state index contributed by atoms with van der Waals surface area (Å²) in [5, 5.41) is 0. The highest BCUT2D eigenvalue weighted by Crippen LogP contribution is 2.61. The topological polar surface area (TPSA) is 9.23 Å². The summed E-state index contributed by atoms with van der Waals surface area (Å²) in [5.74, 6) is 4.00. The van der Waals surface area contributed by atoms with Crippen molar-refractivity contribution in [2.75, 3.05) is 0 Å². The summed E-state index contributed by atoms with van der Waals surface area (Å²) < 4.78 is 6.33. The lowest BCUT2D eigenvalue weighted by atomic mass is 9.50. The molecule has 3 aliphatic rings. The van der Waals surface area contributed by atoms with Crippen molar-refractivity contribution in [3.63, 3.8) is 0 Å². The standard InChI is InChI=1S/C14H25BO/c1-2-11-13-9-5-3-4-6-10(9)14(13)12(16-11)7-8-15/h9-14H,2-8,15H2,1H3. The average molecular weight is 220 g/mol. The molecule has 0 N–H and O–H groups in total. The summed E-state index contributed by atoms with van der Waals surface area (Å²) in [6.45, 7) is 2.31. The van der Waals surface area contributed by atoms with E-state index in [1.807, 2.05) is 0 Å². The molecule has 6 unspecified atom stereocenters. The zero-order valence-corrected chi connectivity index (χ0v) is 10.8. The van der Waals surface area contributed by atoms with Gasteiger partial charge in [0.1, 0.15) is 7.85 Å². The molecule has 0 aromatic rings. The second-order valence-corrected chi connectivity index (χ2v) is 6.18. The van der Waals surface area contributed by atoms with E-state index in [0.717, 1.165) is 23.7 Å². The van der Waals surface area contributed by atoms with Crippen LogP contribution in [0.3, 0.4) is 0 Å². The van der Waals surface area contributed by atoms with Gasteiger partial charge in [-0.3, -0.25) is 0 Å². The molecule has 0 bridgehead atoms. The Kier molecular flexibility index (Phi) is 3.04. The lowest BCUT2D eigenvalue weighted by Crippen LogP contribution is -2.51. The van der Waals surface area contributed by atoms with E-state index in [1.54, 1.807) is 0 Å². The van der Waals surface area contributed by atoms with Crippen molar-refractivity contribution in [1.82, 2.24) is 0 Å². The molecule has 2 aliphatic carbocycles. The molecule has 6 atom stereocenters. The van der Waals surface area contributed by atoms with E-state index in [1.165, 1.54) is 44.8 Å². The summed E-state index contributed by atoms with van der Waals surface area (Å²) >= 11 is 0. The number of hydrogen-bond acceptors (Lipinski definition) is 1. The van der Waals surface area contributed by atoms with E-state index in [0.29, 0.717) is 12.2 Å². The number of fused-ring (bicyclic) bond motifs is 4. The van der Waals surface area contributed by atoms with Crippen LogP contribution in [0.4, 0.5) is 0 Å². The van der Waals surface area contributed by atoms with Crippen molar-refractivity contribution in [3.8, 4) is 0 Å². The predicted molar refractivity (Wildman–Crippen MR) is 69.3 cm³/mol. The van der Waals surface area contributed by atoms with Crippen molar-refractivity contribution in [2.24, 2.45) is 23.7 Å². The van der Waals surface area contributed by atoms with Crippen LogP contribution in [-0.4, -0.2) is 20.1 Å². The Bertz CT molecular complexity index is 255. The van der Waals surface area contributed by atoms with Crippen molar-refractivity contribution >= 4 is 7.85 Å². The maximum absolute atomic E-state index is 6.33. The highest BCUT2D eigenvalue weighted by Gasteiger charge is 2.60. The lowest BCUT2D eigenvalue weighted by molar-refractivity contribution is -0.0452. The number of hydrogen-bond donors (Lipinski definition) is 0. The van der Waals surface area contributed by atoms with Gasteiger partial charge in [-0.15, -0.1) is 0 Å². The van der Waals surface area contributed by atoms with Crippen LogP contribution in [0.1, 0.15) is 45.4 Å². The van der Waals surface area contributed by atoms with Crippen LogP contribution in [0.15, 0.2) is 0 Å². The van der Waals surface area contributed by atoms with Gasteiger partial charge < -0.3 is 4.74 Å². The van der Waals surface area contributed by atoms with Crippen LogP contribution < -0.4 is 0 Å². The van der Waals surface area contributed by atoms with Gasteiger partial charge in [0.2, 0.25) is 0 Å². The molecule has 2 saturated carbocycles. The van der Waals surface area contributed by atoms with Gasteiger partial charge in [-0.25, -0.2) is 0 Å². The van der Waals surface area contributed by atoms with Crippen LogP contribution in [0.5, 0.6) is 0 Å². The van der Waals surface area contributed by atoms with Crippen molar-refractivity contribution in [1.29, 1.82) is 0 Å². The minimum absolute atomic E-state index is 0.612. The van der Waals surface area contributed by atoms with E-state index in [4.69, 9.17) is 4.74 Å². The molecule has 2 heteroatoms. The van der Waals surface area contributed by atoms with Crippen molar-refractivity contribution in [2.45, 2.75) is 64.0 Å². The van der Waals surface area contributed by atoms with Crippen molar-refractivity contribution < 1.29 is 4.74 Å². The zero-order valence-electron chi connectivity index (χ0n) is 10.8. The second kappa shape index (κ2) is 4.36. The van der Waals surface area contributed by atoms with Gasteiger partial charge >= 0.3 is 0 Å². The van der Waals surface area contributed by atoms with E-state index in [-0.39, 0.29) is 0 Å². The highest BCUT2D eigenvalue weighted by molar-refractivity contribution is 6.08. The van der Waals surface area contributed by atoms with Crippen LogP contribution >= 0.6 is 0 Å². The fraction of sp³-hybridized carbons (Fsp3) is 1.00. The average Bonchev–Trinajstić information content (AvgIpc) is 2.60. The van der Waals surface area contributed by atoms with Gasteiger partial charge in [0.25, 0.3) is 0 Å². The Morgan fingerprint density at radius 2 is 1.69 bits per heavy atom. The molecule has 1 saturated heterocycles. The monoisotopic (exact) mass is 220 g/mol. The molecule has 0 spiro atoms. The Morgan fingerprint density at radius 1 is 1.06 bits per heavy atom. The first-order chi connectivity index (χ1) is 7.86. The first-order valence-electron chi connectivity index (χ1n) is 7.52. The summed E-state index contributed by atoms with van der Waals surface area (Å²) in [6, 6.07) is 0. The molecule has 1 heterocycles. The molecule has 0 amide bonds. The summed E-state index contributed by atoms with van der Waals surface area (Å²) in [4.78, 5) is 0. The summed E-state index contributed by atoms with van der Waals surface area (Å²) in [5.41, 5.74) is 0. The van der Waals surface area contributed by atoms with E-state index in [2.05, 4.69) is 14.8 Å². The molecule has 1 nitrogen and oxygen atoms in total. The van der Waals surface area contributed by atoms with E-state index in [9.17, 15) is 0 Å². The van der Waals surface area contributed by atoms with Gasteiger partial charge in [0.05, 0.1) is 12.2 Å². The van der Waals surface area contributed by atoms with Gasteiger partial charge in [0, 0.05) is 0 Å². The predicted octanol–water partition coefficient (Wildman–Crippen LogP) is 2.66. The van der Waals surface area contributed by atoms with Crippen LogP contribution in [0, 0.1) is 23.7 Å². The largest absolute Gasteiger partial charge is 0.374 e.